The summed E-state index contributed by atoms with van der Waals surface area (Å²) < 4.78 is 0. The molecule has 2 amide bonds. The van der Waals surface area contributed by atoms with Crippen LogP contribution in [0.2, 0.25) is 0 Å². The van der Waals surface area contributed by atoms with Gasteiger partial charge in [-0.05, 0) is 0 Å². The van der Waals surface area contributed by atoms with E-state index in [1.165, 1.54) is 0 Å². The van der Waals surface area contributed by atoms with Crippen LogP contribution in [0.3, 0.4) is 0 Å². The van der Waals surface area contributed by atoms with E-state index in [9.17, 15) is 9.59 Å². The fourth-order valence-electron chi connectivity index (χ4n) is 0.580. The molecule has 0 aromatic heterocycles. The lowest BCUT2D eigenvalue weighted by Gasteiger charge is -2.07. The molecule has 0 aromatic rings. The van der Waals surface area contributed by atoms with Gasteiger partial charge in [0.15, 0.2) is 0 Å². The average molecular weight is 176 g/mol. The number of aliphatic hydroxyl groups is 2. The summed E-state index contributed by atoms with van der Waals surface area (Å²) in [4.78, 5) is 21.0. The Labute approximate surface area is 69.4 Å². The molecule has 0 heterocycles. The molecule has 12 heavy (non-hydrogen) atoms. The van der Waals surface area contributed by atoms with E-state index in [2.05, 4.69) is 5.32 Å². The summed E-state index contributed by atoms with van der Waals surface area (Å²) in [6, 6.07) is 0. The first-order valence-corrected chi connectivity index (χ1v) is 3.43. The molecular formula is C6H12N2O4. The number of primary amides is 1. The Morgan fingerprint density at radius 3 is 2.50 bits per heavy atom. The van der Waals surface area contributed by atoms with Crippen molar-refractivity contribution in [3.05, 3.63) is 0 Å². The van der Waals surface area contributed by atoms with Gasteiger partial charge in [0.25, 0.3) is 0 Å². The third-order valence-electron chi connectivity index (χ3n) is 1.11. The van der Waals surface area contributed by atoms with Gasteiger partial charge in [0.2, 0.25) is 11.8 Å². The third kappa shape index (κ3) is 4.64. The lowest BCUT2D eigenvalue weighted by Crippen LogP contribution is -2.38. The molecule has 0 saturated heterocycles. The molecule has 0 aromatic carbocycles. The zero-order valence-corrected chi connectivity index (χ0v) is 6.49. The second kappa shape index (κ2) is 5.50. The fourth-order valence-corrected chi connectivity index (χ4v) is 0.580. The van der Waals surface area contributed by atoms with Gasteiger partial charge in [0.05, 0.1) is 13.0 Å². The molecule has 6 heteroatoms. The summed E-state index contributed by atoms with van der Waals surface area (Å²) in [5, 5.41) is 19.4. The molecule has 70 valence electrons. The molecular weight excluding hydrogens is 164 g/mol. The van der Waals surface area contributed by atoms with E-state index in [0.29, 0.717) is 0 Å². The fraction of sp³-hybridized carbons (Fsp3) is 0.667. The normalized spacial score (nSPS) is 12.2. The molecule has 0 aliphatic heterocycles. The average Bonchev–Trinajstić information content (AvgIpc) is 1.98. The van der Waals surface area contributed by atoms with Crippen LogP contribution in [0.25, 0.3) is 0 Å². The molecule has 0 spiro atoms. The third-order valence-corrected chi connectivity index (χ3v) is 1.11. The van der Waals surface area contributed by atoms with E-state index in [1.807, 2.05) is 0 Å². The molecule has 1 unspecified atom stereocenters. The van der Waals surface area contributed by atoms with Crippen LogP contribution in [0.15, 0.2) is 0 Å². The standard InChI is InChI=1S/C6H12N2O4/c7-5(11)3-4(10)6(12)8-1-2-9/h4,9-10H,1-3H2,(H2,7,11)(H,8,12). The smallest absolute Gasteiger partial charge is 0.249 e. The van der Waals surface area contributed by atoms with Crippen molar-refractivity contribution in [1.82, 2.24) is 5.32 Å². The highest BCUT2D eigenvalue weighted by Crippen LogP contribution is 1.89. The molecule has 0 rings (SSSR count). The Balaban J connectivity index is 3.69. The van der Waals surface area contributed by atoms with Gasteiger partial charge in [-0.25, -0.2) is 0 Å². The summed E-state index contributed by atoms with van der Waals surface area (Å²) in [6.45, 7) is -0.163. The number of carbonyl (C=O) groups excluding carboxylic acids is 2. The molecule has 0 aliphatic rings. The second-order valence-electron chi connectivity index (χ2n) is 2.20. The molecule has 0 bridgehead atoms. The molecule has 5 N–H and O–H groups in total. The maximum atomic E-state index is 10.8. The van der Waals surface area contributed by atoms with Gasteiger partial charge in [-0.2, -0.15) is 0 Å². The molecule has 6 nitrogen and oxygen atoms in total. The molecule has 0 fully saturated rings. The Morgan fingerprint density at radius 2 is 2.08 bits per heavy atom. The van der Waals surface area contributed by atoms with Crippen molar-refractivity contribution in [3.8, 4) is 0 Å². The van der Waals surface area contributed by atoms with Gasteiger partial charge in [-0.15, -0.1) is 0 Å². The number of nitrogens with two attached hydrogens (primary N) is 1. The highest BCUT2D eigenvalue weighted by Gasteiger charge is 2.16. The van der Waals surface area contributed by atoms with Crippen molar-refractivity contribution in [2.75, 3.05) is 13.2 Å². The molecule has 0 radical (unpaired) electrons. The minimum atomic E-state index is -1.42. The van der Waals surface area contributed by atoms with Crippen molar-refractivity contribution in [1.29, 1.82) is 0 Å². The molecule has 0 aliphatic carbocycles. The van der Waals surface area contributed by atoms with E-state index in [-0.39, 0.29) is 13.2 Å². The maximum absolute atomic E-state index is 10.8. The van der Waals surface area contributed by atoms with Crippen molar-refractivity contribution in [3.63, 3.8) is 0 Å². The van der Waals surface area contributed by atoms with Gasteiger partial charge in [-0.1, -0.05) is 0 Å². The van der Waals surface area contributed by atoms with Crippen LogP contribution < -0.4 is 11.1 Å². The van der Waals surface area contributed by atoms with Crippen molar-refractivity contribution in [2.45, 2.75) is 12.5 Å². The first-order valence-electron chi connectivity index (χ1n) is 3.43. The highest BCUT2D eigenvalue weighted by molar-refractivity contribution is 5.86. The van der Waals surface area contributed by atoms with E-state index in [4.69, 9.17) is 15.9 Å². The topological polar surface area (TPSA) is 113 Å². The van der Waals surface area contributed by atoms with Crippen LogP contribution in [0.1, 0.15) is 6.42 Å². The molecule has 0 saturated carbocycles. The lowest BCUT2D eigenvalue weighted by molar-refractivity contribution is -0.133. The van der Waals surface area contributed by atoms with Gasteiger partial charge < -0.3 is 21.3 Å². The van der Waals surface area contributed by atoms with Gasteiger partial charge in [0.1, 0.15) is 6.10 Å². The van der Waals surface area contributed by atoms with Gasteiger partial charge >= 0.3 is 0 Å². The zero-order valence-electron chi connectivity index (χ0n) is 6.49. The summed E-state index contributed by atoms with van der Waals surface area (Å²) >= 11 is 0. The van der Waals surface area contributed by atoms with Crippen molar-refractivity contribution in [2.24, 2.45) is 5.73 Å². The number of hydrogen-bond donors (Lipinski definition) is 4. The largest absolute Gasteiger partial charge is 0.395 e. The Hall–Kier alpha value is -1.14. The van der Waals surface area contributed by atoms with Gasteiger partial charge in [-0.3, -0.25) is 9.59 Å². The SMILES string of the molecule is NC(=O)CC(O)C(=O)NCCO. The number of carbonyl (C=O) groups is 2. The van der Waals surface area contributed by atoms with Gasteiger partial charge in [0, 0.05) is 6.54 Å². The van der Waals surface area contributed by atoms with Crippen LogP contribution in [0, 0.1) is 0 Å². The minimum Gasteiger partial charge on any atom is -0.395 e. The Bertz CT molecular complexity index is 171. The number of rotatable bonds is 5. The summed E-state index contributed by atoms with van der Waals surface area (Å²) in [7, 11) is 0. The summed E-state index contributed by atoms with van der Waals surface area (Å²) in [5.74, 6) is -1.45. The predicted molar refractivity (Wildman–Crippen MR) is 39.9 cm³/mol. The van der Waals surface area contributed by atoms with E-state index in [1.54, 1.807) is 0 Å². The van der Waals surface area contributed by atoms with E-state index in [0.717, 1.165) is 0 Å². The summed E-state index contributed by atoms with van der Waals surface area (Å²) in [6.07, 6.45) is -1.83. The van der Waals surface area contributed by atoms with Crippen molar-refractivity contribution < 1.29 is 19.8 Å². The number of aliphatic hydroxyl groups excluding tert-OH is 2. The maximum Gasteiger partial charge on any atom is 0.249 e. The number of amides is 2. The van der Waals surface area contributed by atoms with E-state index < -0.39 is 24.3 Å². The zero-order chi connectivity index (χ0) is 9.56. The van der Waals surface area contributed by atoms with Crippen LogP contribution in [-0.4, -0.2) is 41.3 Å². The minimum absolute atomic E-state index is 0.0503. The lowest BCUT2D eigenvalue weighted by atomic mass is 10.2. The number of hydrogen-bond acceptors (Lipinski definition) is 4. The van der Waals surface area contributed by atoms with Crippen molar-refractivity contribution >= 4 is 11.8 Å². The first-order chi connectivity index (χ1) is 5.57. The quantitative estimate of drug-likeness (QED) is 0.366. The Kier molecular flexibility index (Phi) is 4.98. The number of nitrogens with one attached hydrogen (secondary N) is 1. The van der Waals surface area contributed by atoms with Crippen LogP contribution in [0.5, 0.6) is 0 Å². The van der Waals surface area contributed by atoms with E-state index >= 15 is 0 Å². The Morgan fingerprint density at radius 1 is 1.50 bits per heavy atom. The van der Waals surface area contributed by atoms with Crippen LogP contribution in [0.4, 0.5) is 0 Å². The molecule has 1 atom stereocenters. The summed E-state index contributed by atoms with van der Waals surface area (Å²) in [5.41, 5.74) is 4.73. The van der Waals surface area contributed by atoms with Crippen LogP contribution >= 0.6 is 0 Å². The predicted octanol–water partition coefficient (Wildman–Crippen LogP) is -2.67. The van der Waals surface area contributed by atoms with Crippen LogP contribution in [-0.2, 0) is 9.59 Å². The monoisotopic (exact) mass is 176 g/mol. The second-order valence-corrected chi connectivity index (χ2v) is 2.20. The first kappa shape index (κ1) is 10.9. The highest BCUT2D eigenvalue weighted by atomic mass is 16.3.